The number of aryl methyl sites for hydroxylation is 3. The van der Waals surface area contributed by atoms with E-state index in [4.69, 9.17) is 0 Å². The molecule has 2 amide bonds. The number of likely N-dealkylation sites (tertiary alicyclic amines) is 2. The summed E-state index contributed by atoms with van der Waals surface area (Å²) < 4.78 is 1.92. The molecule has 2 saturated heterocycles. The van der Waals surface area contributed by atoms with E-state index in [0.29, 0.717) is 31.2 Å². The van der Waals surface area contributed by atoms with Crippen LogP contribution >= 0.6 is 0 Å². The van der Waals surface area contributed by atoms with E-state index in [-0.39, 0.29) is 5.91 Å². The molecule has 0 spiro atoms. The van der Waals surface area contributed by atoms with Crippen molar-refractivity contribution in [3.05, 3.63) is 17.5 Å². The van der Waals surface area contributed by atoms with Gasteiger partial charge in [0.15, 0.2) is 0 Å². The molecule has 0 aliphatic carbocycles. The Morgan fingerprint density at radius 1 is 1.04 bits per heavy atom. The van der Waals surface area contributed by atoms with Crippen LogP contribution in [-0.4, -0.2) is 57.6 Å². The highest BCUT2D eigenvalue weighted by molar-refractivity contribution is 5.77. The second-order valence-corrected chi connectivity index (χ2v) is 7.87. The largest absolute Gasteiger partial charge is 0.343 e. The van der Waals surface area contributed by atoms with Crippen molar-refractivity contribution in [2.24, 2.45) is 5.92 Å². The molecule has 1 aromatic heterocycles. The predicted molar refractivity (Wildman–Crippen MR) is 101 cm³/mol. The Morgan fingerprint density at radius 3 is 2.42 bits per heavy atom. The van der Waals surface area contributed by atoms with Crippen LogP contribution in [0.15, 0.2) is 6.07 Å². The predicted octanol–water partition coefficient (Wildman–Crippen LogP) is 2.53. The Labute approximate surface area is 156 Å². The molecule has 0 aromatic carbocycles. The van der Waals surface area contributed by atoms with Gasteiger partial charge in [-0.05, 0) is 57.9 Å². The van der Waals surface area contributed by atoms with Crippen molar-refractivity contribution in [3.63, 3.8) is 0 Å². The van der Waals surface area contributed by atoms with Crippen molar-refractivity contribution in [3.8, 4) is 0 Å². The highest BCUT2D eigenvalue weighted by Crippen LogP contribution is 2.23. The smallest absolute Gasteiger partial charge is 0.224 e. The second-order valence-electron chi connectivity index (χ2n) is 7.87. The van der Waals surface area contributed by atoms with Gasteiger partial charge in [-0.1, -0.05) is 0 Å². The summed E-state index contributed by atoms with van der Waals surface area (Å²) in [6.45, 7) is 8.17. The lowest BCUT2D eigenvalue weighted by Gasteiger charge is -2.33. The number of aromatic nitrogens is 2. The van der Waals surface area contributed by atoms with Crippen molar-refractivity contribution >= 4 is 11.8 Å². The van der Waals surface area contributed by atoms with Crippen molar-refractivity contribution < 1.29 is 9.59 Å². The number of hydrogen-bond donors (Lipinski definition) is 0. The van der Waals surface area contributed by atoms with E-state index >= 15 is 0 Å². The summed E-state index contributed by atoms with van der Waals surface area (Å²) in [5.74, 6) is 0.983. The van der Waals surface area contributed by atoms with Crippen molar-refractivity contribution in [2.45, 2.75) is 65.3 Å². The monoisotopic (exact) mass is 360 g/mol. The highest BCUT2D eigenvalue weighted by atomic mass is 16.2. The van der Waals surface area contributed by atoms with Gasteiger partial charge in [0, 0.05) is 51.3 Å². The van der Waals surface area contributed by atoms with Crippen molar-refractivity contribution in [2.75, 3.05) is 26.2 Å². The van der Waals surface area contributed by atoms with Gasteiger partial charge in [0.1, 0.15) is 0 Å². The van der Waals surface area contributed by atoms with E-state index in [1.54, 1.807) is 0 Å². The highest BCUT2D eigenvalue weighted by Gasteiger charge is 2.25. The van der Waals surface area contributed by atoms with Crippen LogP contribution in [0.5, 0.6) is 0 Å². The lowest BCUT2D eigenvalue weighted by molar-refractivity contribution is -0.133. The summed E-state index contributed by atoms with van der Waals surface area (Å²) in [6, 6.07) is 2.04. The van der Waals surface area contributed by atoms with Crippen LogP contribution < -0.4 is 0 Å². The summed E-state index contributed by atoms with van der Waals surface area (Å²) in [7, 11) is 0. The molecular weight excluding hydrogens is 328 g/mol. The maximum absolute atomic E-state index is 12.6. The lowest BCUT2D eigenvalue weighted by Crippen LogP contribution is -2.40. The summed E-state index contributed by atoms with van der Waals surface area (Å²) in [4.78, 5) is 28.8. The van der Waals surface area contributed by atoms with E-state index in [1.807, 2.05) is 34.4 Å². The van der Waals surface area contributed by atoms with E-state index in [9.17, 15) is 9.59 Å². The SMILES string of the molecule is Cc1cc(C)n(CCC(=O)N2CCCC(CCC(=O)N3CCCC3)C2)n1. The number of carbonyl (C=O) groups is 2. The molecule has 0 bridgehead atoms. The molecule has 6 nitrogen and oxygen atoms in total. The molecule has 26 heavy (non-hydrogen) atoms. The summed E-state index contributed by atoms with van der Waals surface area (Å²) in [5.41, 5.74) is 2.10. The molecule has 1 atom stereocenters. The molecule has 1 unspecified atom stereocenters. The van der Waals surface area contributed by atoms with E-state index in [1.165, 1.54) is 0 Å². The van der Waals surface area contributed by atoms with Gasteiger partial charge in [0.05, 0.1) is 5.69 Å². The maximum Gasteiger partial charge on any atom is 0.224 e. The second kappa shape index (κ2) is 8.69. The third-order valence-corrected chi connectivity index (χ3v) is 5.74. The van der Waals surface area contributed by atoms with Crippen LogP contribution in [0.25, 0.3) is 0 Å². The van der Waals surface area contributed by atoms with Crippen LogP contribution in [0, 0.1) is 19.8 Å². The van der Waals surface area contributed by atoms with E-state index < -0.39 is 0 Å². The molecule has 0 saturated carbocycles. The van der Waals surface area contributed by atoms with E-state index in [2.05, 4.69) is 5.10 Å². The van der Waals surface area contributed by atoms with Gasteiger partial charge in [-0.25, -0.2) is 0 Å². The molecule has 2 aliphatic heterocycles. The summed E-state index contributed by atoms with van der Waals surface area (Å²) >= 11 is 0. The Bertz CT molecular complexity index is 634. The van der Waals surface area contributed by atoms with Gasteiger partial charge >= 0.3 is 0 Å². The van der Waals surface area contributed by atoms with Crippen LogP contribution in [0.4, 0.5) is 0 Å². The Kier molecular flexibility index (Phi) is 6.33. The molecule has 144 valence electrons. The topological polar surface area (TPSA) is 58.4 Å². The number of carbonyl (C=O) groups excluding carboxylic acids is 2. The van der Waals surface area contributed by atoms with Gasteiger partial charge in [0.2, 0.25) is 11.8 Å². The number of piperidine rings is 1. The maximum atomic E-state index is 12.6. The van der Waals surface area contributed by atoms with Gasteiger partial charge < -0.3 is 9.80 Å². The first-order valence-corrected chi connectivity index (χ1v) is 10.1. The summed E-state index contributed by atoms with van der Waals surface area (Å²) in [5, 5.41) is 4.43. The average molecular weight is 361 g/mol. The normalized spacial score (nSPS) is 20.6. The van der Waals surface area contributed by atoms with Crippen LogP contribution in [0.1, 0.15) is 56.3 Å². The fraction of sp³-hybridized carbons (Fsp3) is 0.750. The first-order valence-electron chi connectivity index (χ1n) is 10.1. The zero-order valence-electron chi connectivity index (χ0n) is 16.2. The number of hydrogen-bond acceptors (Lipinski definition) is 3. The fourth-order valence-electron chi connectivity index (χ4n) is 4.24. The zero-order chi connectivity index (χ0) is 18.5. The van der Waals surface area contributed by atoms with Crippen molar-refractivity contribution in [1.82, 2.24) is 19.6 Å². The first kappa shape index (κ1) is 18.9. The number of rotatable bonds is 6. The minimum atomic E-state index is 0.216. The quantitative estimate of drug-likeness (QED) is 0.783. The standard InChI is InChI=1S/C20H32N4O2/c1-16-14-17(2)24(21-16)13-9-20(26)23-12-5-6-18(15-23)7-8-19(25)22-10-3-4-11-22/h14,18H,3-13,15H2,1-2H3. The molecule has 1 aromatic rings. The molecule has 6 heteroatoms. The van der Waals surface area contributed by atoms with Crippen LogP contribution in [-0.2, 0) is 16.1 Å². The third-order valence-electron chi connectivity index (χ3n) is 5.74. The number of nitrogens with zero attached hydrogens (tertiary/aromatic N) is 4. The number of amides is 2. The molecule has 0 radical (unpaired) electrons. The molecule has 3 rings (SSSR count). The minimum Gasteiger partial charge on any atom is -0.343 e. The van der Waals surface area contributed by atoms with E-state index in [0.717, 1.165) is 69.7 Å². The van der Waals surface area contributed by atoms with Crippen LogP contribution in [0.2, 0.25) is 0 Å². The minimum absolute atomic E-state index is 0.216. The average Bonchev–Trinajstić information content (AvgIpc) is 3.27. The van der Waals surface area contributed by atoms with Gasteiger partial charge in [0.25, 0.3) is 0 Å². The Balaban J connectivity index is 1.42. The summed E-state index contributed by atoms with van der Waals surface area (Å²) in [6.07, 6.45) is 6.53. The van der Waals surface area contributed by atoms with Crippen LogP contribution in [0.3, 0.4) is 0 Å². The Morgan fingerprint density at radius 2 is 1.73 bits per heavy atom. The van der Waals surface area contributed by atoms with Gasteiger partial charge in [-0.3, -0.25) is 14.3 Å². The molecule has 2 aliphatic rings. The van der Waals surface area contributed by atoms with Gasteiger partial charge in [-0.15, -0.1) is 0 Å². The van der Waals surface area contributed by atoms with Crippen molar-refractivity contribution in [1.29, 1.82) is 0 Å². The first-order chi connectivity index (χ1) is 12.5. The molecule has 2 fully saturated rings. The van der Waals surface area contributed by atoms with Gasteiger partial charge in [-0.2, -0.15) is 5.10 Å². The third kappa shape index (κ3) is 4.86. The molecule has 0 N–H and O–H groups in total. The zero-order valence-corrected chi connectivity index (χ0v) is 16.2. The lowest BCUT2D eigenvalue weighted by atomic mass is 9.93. The molecular formula is C20H32N4O2. The molecule has 3 heterocycles. The fourth-order valence-corrected chi connectivity index (χ4v) is 4.24. The Hall–Kier alpha value is -1.85.